The molecule has 1 heterocycles. The number of aromatic nitrogens is 2. The van der Waals surface area contributed by atoms with Gasteiger partial charge in [0.25, 0.3) is 0 Å². The Morgan fingerprint density at radius 3 is 2.89 bits per heavy atom. The minimum absolute atomic E-state index is 0.0681. The molecule has 0 atom stereocenters. The molecule has 102 valence electrons. The van der Waals surface area contributed by atoms with Crippen LogP contribution in [-0.4, -0.2) is 27.9 Å². The molecule has 0 aliphatic rings. The number of ether oxygens (including phenoxy) is 2. The van der Waals surface area contributed by atoms with E-state index in [1.54, 1.807) is 12.5 Å². The van der Waals surface area contributed by atoms with Crippen LogP contribution in [0.3, 0.4) is 0 Å². The molecule has 0 aliphatic heterocycles. The zero-order valence-corrected chi connectivity index (χ0v) is 11.0. The Labute approximate surface area is 112 Å². The summed E-state index contributed by atoms with van der Waals surface area (Å²) in [6.45, 7) is 3.60. The van der Waals surface area contributed by atoms with Crippen LogP contribution in [-0.2, 0) is 13.2 Å². The summed E-state index contributed by atoms with van der Waals surface area (Å²) in [7, 11) is 0. The predicted octanol–water partition coefficient (Wildman–Crippen LogP) is 1.85. The summed E-state index contributed by atoms with van der Waals surface area (Å²) < 4.78 is 13.2. The minimum atomic E-state index is -0.0681. The van der Waals surface area contributed by atoms with Crippen molar-refractivity contribution in [1.82, 2.24) is 9.55 Å². The highest BCUT2D eigenvalue weighted by Gasteiger charge is 2.10. The molecule has 2 rings (SSSR count). The van der Waals surface area contributed by atoms with Gasteiger partial charge in [-0.2, -0.15) is 0 Å². The van der Waals surface area contributed by atoms with E-state index in [2.05, 4.69) is 4.98 Å². The van der Waals surface area contributed by atoms with Gasteiger partial charge >= 0.3 is 0 Å². The number of hydrogen-bond donors (Lipinski definition) is 1. The van der Waals surface area contributed by atoms with Crippen LogP contribution in [0.1, 0.15) is 12.5 Å². The lowest BCUT2D eigenvalue weighted by Gasteiger charge is -2.15. The van der Waals surface area contributed by atoms with E-state index in [1.807, 2.05) is 35.9 Å². The first-order valence-corrected chi connectivity index (χ1v) is 6.29. The topological polar surface area (TPSA) is 56.5 Å². The number of para-hydroxylation sites is 1. The third-order valence-electron chi connectivity index (χ3n) is 2.69. The van der Waals surface area contributed by atoms with Crippen LogP contribution in [0.2, 0.25) is 0 Å². The van der Waals surface area contributed by atoms with Gasteiger partial charge in [-0.05, 0) is 13.0 Å². The lowest BCUT2D eigenvalue weighted by Crippen LogP contribution is -2.09. The summed E-state index contributed by atoms with van der Waals surface area (Å²) in [6, 6.07) is 5.52. The van der Waals surface area contributed by atoms with Crippen molar-refractivity contribution in [2.45, 2.75) is 20.1 Å². The molecule has 5 heteroatoms. The van der Waals surface area contributed by atoms with Gasteiger partial charge in [0.1, 0.15) is 6.61 Å². The van der Waals surface area contributed by atoms with Crippen LogP contribution < -0.4 is 9.47 Å². The molecule has 0 saturated heterocycles. The molecule has 0 amide bonds. The third-order valence-corrected chi connectivity index (χ3v) is 2.69. The minimum Gasteiger partial charge on any atom is -0.490 e. The molecular weight excluding hydrogens is 244 g/mol. The molecule has 0 unspecified atom stereocenters. The molecule has 0 fully saturated rings. The molecule has 0 saturated carbocycles. The Kier molecular flexibility index (Phi) is 4.80. The fourth-order valence-corrected chi connectivity index (χ4v) is 1.79. The number of rotatable bonds is 7. The second kappa shape index (κ2) is 6.80. The largest absolute Gasteiger partial charge is 0.490 e. The summed E-state index contributed by atoms with van der Waals surface area (Å²) in [5.41, 5.74) is 0.733. The van der Waals surface area contributed by atoms with Gasteiger partial charge in [0.05, 0.1) is 26.1 Å². The van der Waals surface area contributed by atoms with Crippen LogP contribution in [0.25, 0.3) is 0 Å². The first kappa shape index (κ1) is 13.4. The number of benzene rings is 1. The number of aliphatic hydroxyl groups is 1. The van der Waals surface area contributed by atoms with Gasteiger partial charge in [0.2, 0.25) is 0 Å². The summed E-state index contributed by atoms with van der Waals surface area (Å²) in [4.78, 5) is 3.97. The van der Waals surface area contributed by atoms with E-state index in [0.29, 0.717) is 31.3 Å². The second-order valence-corrected chi connectivity index (χ2v) is 3.98. The highest BCUT2D eigenvalue weighted by Crippen LogP contribution is 2.31. The Bertz CT molecular complexity index is 497. The van der Waals surface area contributed by atoms with Crippen LogP contribution in [0.5, 0.6) is 11.5 Å². The Balaban J connectivity index is 2.04. The summed E-state index contributed by atoms with van der Waals surface area (Å²) in [5.74, 6) is 1.28. The van der Waals surface area contributed by atoms with Gasteiger partial charge in [-0.1, -0.05) is 12.1 Å². The van der Waals surface area contributed by atoms with E-state index in [1.165, 1.54) is 0 Å². The molecule has 0 aliphatic carbocycles. The molecule has 0 spiro atoms. The van der Waals surface area contributed by atoms with E-state index in [4.69, 9.17) is 9.47 Å². The number of imidazole rings is 1. The highest BCUT2D eigenvalue weighted by atomic mass is 16.5. The Morgan fingerprint density at radius 1 is 1.32 bits per heavy atom. The van der Waals surface area contributed by atoms with Crippen LogP contribution in [0.4, 0.5) is 0 Å². The van der Waals surface area contributed by atoms with Crippen molar-refractivity contribution in [3.8, 4) is 11.5 Å². The molecular formula is C14H18N2O3. The smallest absolute Gasteiger partial charge is 0.166 e. The van der Waals surface area contributed by atoms with E-state index in [9.17, 15) is 5.11 Å². The lowest BCUT2D eigenvalue weighted by atomic mass is 10.2. The number of hydrogen-bond acceptors (Lipinski definition) is 4. The molecule has 2 aromatic rings. The van der Waals surface area contributed by atoms with Crippen molar-refractivity contribution < 1.29 is 14.6 Å². The first-order valence-electron chi connectivity index (χ1n) is 6.29. The molecule has 19 heavy (non-hydrogen) atoms. The van der Waals surface area contributed by atoms with Crippen LogP contribution >= 0.6 is 0 Å². The second-order valence-electron chi connectivity index (χ2n) is 3.98. The van der Waals surface area contributed by atoms with Crippen LogP contribution in [0.15, 0.2) is 36.9 Å². The summed E-state index contributed by atoms with van der Waals surface area (Å²) >= 11 is 0. The van der Waals surface area contributed by atoms with E-state index >= 15 is 0 Å². The number of aliphatic hydroxyl groups excluding tert-OH is 1. The van der Waals surface area contributed by atoms with Crippen molar-refractivity contribution in [1.29, 1.82) is 0 Å². The predicted molar refractivity (Wildman–Crippen MR) is 71.3 cm³/mol. The van der Waals surface area contributed by atoms with Crippen molar-refractivity contribution in [3.63, 3.8) is 0 Å². The monoisotopic (exact) mass is 262 g/mol. The van der Waals surface area contributed by atoms with Gasteiger partial charge in [-0.3, -0.25) is 0 Å². The van der Waals surface area contributed by atoms with Gasteiger partial charge in [0, 0.05) is 18.0 Å². The maximum absolute atomic E-state index is 9.34. The molecule has 0 radical (unpaired) electrons. The van der Waals surface area contributed by atoms with Crippen molar-refractivity contribution in [2.24, 2.45) is 0 Å². The van der Waals surface area contributed by atoms with Crippen LogP contribution in [0, 0.1) is 0 Å². The zero-order valence-electron chi connectivity index (χ0n) is 11.0. The quantitative estimate of drug-likeness (QED) is 0.827. The van der Waals surface area contributed by atoms with E-state index < -0.39 is 0 Å². The van der Waals surface area contributed by atoms with Gasteiger partial charge in [-0.25, -0.2) is 4.98 Å². The third kappa shape index (κ3) is 3.48. The van der Waals surface area contributed by atoms with Crippen molar-refractivity contribution >= 4 is 0 Å². The van der Waals surface area contributed by atoms with Gasteiger partial charge in [0.15, 0.2) is 11.5 Å². The molecule has 1 aromatic carbocycles. The Hall–Kier alpha value is -2.01. The normalized spacial score (nSPS) is 10.4. The maximum Gasteiger partial charge on any atom is 0.166 e. The maximum atomic E-state index is 9.34. The van der Waals surface area contributed by atoms with Gasteiger partial charge in [-0.15, -0.1) is 0 Å². The fraction of sp³-hybridized carbons (Fsp3) is 0.357. The van der Waals surface area contributed by atoms with Crippen molar-refractivity contribution in [2.75, 3.05) is 13.2 Å². The van der Waals surface area contributed by atoms with E-state index in [0.717, 1.165) is 5.56 Å². The first-order chi connectivity index (χ1) is 9.35. The standard InChI is InChI=1S/C14H18N2O3/c1-2-18-13-5-3-4-12(10-17)14(13)19-9-8-16-7-6-15-11-16/h3-7,11,17H,2,8-10H2,1H3. The molecule has 0 bridgehead atoms. The SMILES string of the molecule is CCOc1cccc(CO)c1OCCn1ccnc1. The lowest BCUT2D eigenvalue weighted by molar-refractivity contribution is 0.242. The molecule has 1 N–H and O–H groups in total. The summed E-state index contributed by atoms with van der Waals surface area (Å²) in [6.07, 6.45) is 5.35. The fourth-order valence-electron chi connectivity index (χ4n) is 1.79. The average Bonchev–Trinajstić information content (AvgIpc) is 2.93. The van der Waals surface area contributed by atoms with E-state index in [-0.39, 0.29) is 6.61 Å². The molecule has 5 nitrogen and oxygen atoms in total. The average molecular weight is 262 g/mol. The Morgan fingerprint density at radius 2 is 2.21 bits per heavy atom. The van der Waals surface area contributed by atoms with Gasteiger partial charge < -0.3 is 19.1 Å². The summed E-state index contributed by atoms with van der Waals surface area (Å²) in [5, 5.41) is 9.34. The highest BCUT2D eigenvalue weighted by molar-refractivity contribution is 5.46. The zero-order chi connectivity index (χ0) is 13.5. The molecule has 1 aromatic heterocycles. The van der Waals surface area contributed by atoms with Crippen molar-refractivity contribution in [3.05, 3.63) is 42.5 Å². The number of nitrogens with zero attached hydrogens (tertiary/aromatic N) is 2.